The average molecular weight is 350 g/mol. The van der Waals surface area contributed by atoms with Crippen LogP contribution in [0.1, 0.15) is 49.7 Å². The van der Waals surface area contributed by atoms with E-state index in [1.54, 1.807) is 0 Å². The van der Waals surface area contributed by atoms with Crippen molar-refractivity contribution in [3.8, 4) is 0 Å². The molecule has 1 heterocycles. The minimum atomic E-state index is 0.119. The van der Waals surface area contributed by atoms with Crippen molar-refractivity contribution in [2.24, 2.45) is 5.73 Å². The average Bonchev–Trinajstić information content (AvgIpc) is 2.84. The molecule has 0 bridgehead atoms. The molecule has 0 amide bonds. The molecule has 0 radical (unpaired) electrons. The van der Waals surface area contributed by atoms with Crippen molar-refractivity contribution < 1.29 is 0 Å². The van der Waals surface area contributed by atoms with Crippen LogP contribution in [0.5, 0.6) is 0 Å². The van der Waals surface area contributed by atoms with Crippen LogP contribution in [0.3, 0.4) is 0 Å². The lowest BCUT2D eigenvalue weighted by Gasteiger charge is -2.12. The van der Waals surface area contributed by atoms with Crippen molar-refractivity contribution in [3.63, 3.8) is 0 Å². The molecule has 1 aromatic carbocycles. The quantitative estimate of drug-likeness (QED) is 0.811. The number of aryl methyl sites for hydroxylation is 2. The Morgan fingerprint density at radius 1 is 1.24 bits per heavy atom. The van der Waals surface area contributed by atoms with Gasteiger partial charge in [0.25, 0.3) is 0 Å². The van der Waals surface area contributed by atoms with E-state index in [1.165, 1.54) is 15.7 Å². The molecule has 2 rings (SSSR count). The Hall–Kier alpha value is -1.13. The Labute approximate surface area is 135 Å². The molecule has 0 spiro atoms. The summed E-state index contributed by atoms with van der Waals surface area (Å²) in [6, 6.07) is 10.4. The zero-order valence-corrected chi connectivity index (χ0v) is 14.4. The fourth-order valence-electron chi connectivity index (χ4n) is 2.61. The van der Waals surface area contributed by atoms with Gasteiger partial charge in [0.2, 0.25) is 0 Å². The predicted octanol–water partition coefficient (Wildman–Crippen LogP) is 4.25. The van der Waals surface area contributed by atoms with E-state index in [4.69, 9.17) is 5.73 Å². The minimum Gasteiger partial charge on any atom is -0.324 e. The molecule has 1 unspecified atom stereocenters. The molecule has 114 valence electrons. The smallest absolute Gasteiger partial charge is 0.0766 e. The maximum Gasteiger partial charge on any atom is 0.0766 e. The van der Waals surface area contributed by atoms with E-state index in [-0.39, 0.29) is 6.04 Å². The Balaban J connectivity index is 1.96. The van der Waals surface area contributed by atoms with E-state index in [1.807, 2.05) is 18.2 Å². The second kappa shape index (κ2) is 7.76. The Kier molecular flexibility index (Phi) is 6.00. The highest BCUT2D eigenvalue weighted by Gasteiger charge is 2.14. The van der Waals surface area contributed by atoms with Gasteiger partial charge in [0, 0.05) is 12.6 Å². The highest BCUT2D eigenvalue weighted by atomic mass is 79.9. The molecular formula is C17H24BrN3. The molecule has 2 N–H and O–H groups in total. The zero-order valence-electron chi connectivity index (χ0n) is 12.8. The number of rotatable bonds is 7. The second-order valence-corrected chi connectivity index (χ2v) is 6.08. The van der Waals surface area contributed by atoms with E-state index in [0.29, 0.717) is 0 Å². The molecule has 0 aliphatic rings. The summed E-state index contributed by atoms with van der Waals surface area (Å²) >= 11 is 3.70. The number of aromatic nitrogens is 2. The van der Waals surface area contributed by atoms with Crippen LogP contribution < -0.4 is 5.73 Å². The van der Waals surface area contributed by atoms with Gasteiger partial charge >= 0.3 is 0 Å². The zero-order chi connectivity index (χ0) is 15.2. The summed E-state index contributed by atoms with van der Waals surface area (Å²) in [5.74, 6) is 0. The van der Waals surface area contributed by atoms with Gasteiger partial charge in [0.1, 0.15) is 0 Å². The standard InChI is InChI=1S/C17H24BrN3/c1-3-15-17(18)16(21(4-2)20-15)12-8-11-14(19)13-9-6-5-7-10-13/h5-7,9-10,14H,3-4,8,11-12,19H2,1-2H3. The fourth-order valence-corrected chi connectivity index (χ4v) is 3.38. The summed E-state index contributed by atoms with van der Waals surface area (Å²) < 4.78 is 3.29. The van der Waals surface area contributed by atoms with E-state index in [0.717, 1.165) is 37.9 Å². The SMILES string of the molecule is CCc1nn(CC)c(CCCC(N)c2ccccc2)c1Br. The van der Waals surface area contributed by atoms with Crippen molar-refractivity contribution in [2.75, 3.05) is 0 Å². The van der Waals surface area contributed by atoms with E-state index in [2.05, 4.69) is 51.7 Å². The van der Waals surface area contributed by atoms with Crippen LogP contribution in [-0.2, 0) is 19.4 Å². The summed E-state index contributed by atoms with van der Waals surface area (Å²) in [7, 11) is 0. The van der Waals surface area contributed by atoms with Gasteiger partial charge in [-0.3, -0.25) is 4.68 Å². The Morgan fingerprint density at radius 2 is 1.95 bits per heavy atom. The lowest BCUT2D eigenvalue weighted by molar-refractivity contribution is 0.567. The van der Waals surface area contributed by atoms with E-state index >= 15 is 0 Å². The van der Waals surface area contributed by atoms with Gasteiger partial charge in [-0.25, -0.2) is 0 Å². The van der Waals surface area contributed by atoms with Crippen LogP contribution in [0.25, 0.3) is 0 Å². The van der Waals surface area contributed by atoms with Crippen LogP contribution in [0, 0.1) is 0 Å². The van der Waals surface area contributed by atoms with E-state index in [9.17, 15) is 0 Å². The Bertz CT molecular complexity index is 563. The maximum atomic E-state index is 6.26. The molecule has 0 aliphatic carbocycles. The summed E-state index contributed by atoms with van der Waals surface area (Å²) in [5, 5.41) is 4.64. The molecular weight excluding hydrogens is 326 g/mol. The highest BCUT2D eigenvalue weighted by molar-refractivity contribution is 9.10. The van der Waals surface area contributed by atoms with Gasteiger partial charge in [0.15, 0.2) is 0 Å². The fraction of sp³-hybridized carbons (Fsp3) is 0.471. The predicted molar refractivity (Wildman–Crippen MR) is 91.3 cm³/mol. The second-order valence-electron chi connectivity index (χ2n) is 5.29. The third kappa shape index (κ3) is 3.95. The largest absolute Gasteiger partial charge is 0.324 e. The first-order valence-corrected chi connectivity index (χ1v) is 8.51. The van der Waals surface area contributed by atoms with Gasteiger partial charge in [-0.1, -0.05) is 37.3 Å². The number of halogens is 1. The Morgan fingerprint density at radius 3 is 2.57 bits per heavy atom. The van der Waals surface area contributed by atoms with Crippen LogP contribution in [0.2, 0.25) is 0 Å². The van der Waals surface area contributed by atoms with Crippen LogP contribution >= 0.6 is 15.9 Å². The minimum absolute atomic E-state index is 0.119. The molecule has 1 atom stereocenters. The van der Waals surface area contributed by atoms with Crippen LogP contribution in [0.15, 0.2) is 34.8 Å². The van der Waals surface area contributed by atoms with Crippen molar-refractivity contribution in [3.05, 3.63) is 51.8 Å². The summed E-state index contributed by atoms with van der Waals surface area (Å²) in [5.41, 5.74) is 9.94. The lowest BCUT2D eigenvalue weighted by atomic mass is 10.0. The molecule has 3 nitrogen and oxygen atoms in total. The van der Waals surface area contributed by atoms with Crippen LogP contribution in [0.4, 0.5) is 0 Å². The summed E-state index contributed by atoms with van der Waals surface area (Å²) in [6.07, 6.45) is 4.04. The number of nitrogens with two attached hydrogens (primary N) is 1. The first kappa shape index (κ1) is 16.2. The lowest BCUT2D eigenvalue weighted by Crippen LogP contribution is -2.11. The van der Waals surface area contributed by atoms with Crippen LogP contribution in [-0.4, -0.2) is 9.78 Å². The molecule has 0 saturated carbocycles. The van der Waals surface area contributed by atoms with E-state index < -0.39 is 0 Å². The molecule has 4 heteroatoms. The van der Waals surface area contributed by atoms with Gasteiger partial charge in [-0.15, -0.1) is 0 Å². The normalized spacial score (nSPS) is 12.6. The molecule has 2 aromatic rings. The van der Waals surface area contributed by atoms with Gasteiger partial charge < -0.3 is 5.73 Å². The highest BCUT2D eigenvalue weighted by Crippen LogP contribution is 2.25. The number of hydrogen-bond acceptors (Lipinski definition) is 2. The summed E-state index contributed by atoms with van der Waals surface area (Å²) in [4.78, 5) is 0. The number of benzene rings is 1. The topological polar surface area (TPSA) is 43.8 Å². The molecule has 1 aromatic heterocycles. The first-order valence-electron chi connectivity index (χ1n) is 7.71. The van der Waals surface area contributed by atoms with Crippen molar-refractivity contribution in [1.82, 2.24) is 9.78 Å². The third-order valence-electron chi connectivity index (χ3n) is 3.85. The molecule has 0 fully saturated rings. The van der Waals surface area contributed by atoms with Crippen molar-refractivity contribution in [1.29, 1.82) is 0 Å². The molecule has 0 saturated heterocycles. The number of nitrogens with zero attached hydrogens (tertiary/aromatic N) is 2. The molecule has 21 heavy (non-hydrogen) atoms. The number of hydrogen-bond donors (Lipinski definition) is 1. The maximum absolute atomic E-state index is 6.26. The first-order chi connectivity index (χ1) is 10.2. The van der Waals surface area contributed by atoms with Gasteiger partial charge in [-0.05, 0) is 54.1 Å². The third-order valence-corrected chi connectivity index (χ3v) is 4.77. The summed E-state index contributed by atoms with van der Waals surface area (Å²) in [6.45, 7) is 5.19. The van der Waals surface area contributed by atoms with Crippen molar-refractivity contribution >= 4 is 15.9 Å². The molecule has 0 aliphatic heterocycles. The van der Waals surface area contributed by atoms with Gasteiger partial charge in [0.05, 0.1) is 15.9 Å². The van der Waals surface area contributed by atoms with Gasteiger partial charge in [-0.2, -0.15) is 5.10 Å². The van der Waals surface area contributed by atoms with Crippen molar-refractivity contribution in [2.45, 2.75) is 52.1 Å². The monoisotopic (exact) mass is 349 g/mol.